The monoisotopic (exact) mass is 414 g/mol. The molecule has 3 aromatic carbocycles. The standard InChI is InChI=1S/C33H18/c1-5-22-13-15-25-24-11-9-10-12-28(24)33(29(25)19-22)30-20-23(6-2)14-16-26(30)27-17-18-32(7-3,8-4)21-31(27)33/h1-4,9-17,19-21H,18H2. The van der Waals surface area contributed by atoms with Crippen molar-refractivity contribution >= 4 is 5.57 Å². The van der Waals surface area contributed by atoms with Gasteiger partial charge in [0, 0.05) is 11.1 Å². The topological polar surface area (TPSA) is 0 Å². The quantitative estimate of drug-likeness (QED) is 0.399. The van der Waals surface area contributed by atoms with Gasteiger partial charge in [-0.3, -0.25) is 0 Å². The van der Waals surface area contributed by atoms with Gasteiger partial charge in [-0.25, -0.2) is 0 Å². The summed E-state index contributed by atoms with van der Waals surface area (Å²) >= 11 is 0. The summed E-state index contributed by atoms with van der Waals surface area (Å²) in [5.74, 6) is 11.4. The van der Waals surface area contributed by atoms with Gasteiger partial charge in [0.25, 0.3) is 0 Å². The minimum absolute atomic E-state index is 0.577. The molecule has 0 N–H and O–H groups in total. The molecular weight excluding hydrogens is 396 g/mol. The first-order valence-electron chi connectivity index (χ1n) is 10.8. The fraction of sp³-hybridized carbons (Fsp3) is 0.0909. The second kappa shape index (κ2) is 6.44. The van der Waals surface area contributed by atoms with Crippen LogP contribution in [0.5, 0.6) is 0 Å². The molecule has 3 aromatic rings. The maximum absolute atomic E-state index is 5.98. The van der Waals surface area contributed by atoms with E-state index in [1.807, 2.05) is 12.1 Å². The summed E-state index contributed by atoms with van der Waals surface area (Å²) in [5, 5.41) is 0. The first-order chi connectivity index (χ1) is 16.1. The maximum Gasteiger partial charge on any atom is 0.113 e. The lowest BCUT2D eigenvalue weighted by Gasteiger charge is -2.34. The second-order valence-corrected chi connectivity index (χ2v) is 8.74. The molecule has 0 amide bonds. The molecule has 3 aliphatic carbocycles. The van der Waals surface area contributed by atoms with E-state index in [1.165, 1.54) is 22.3 Å². The highest BCUT2D eigenvalue weighted by Gasteiger charge is 2.55. The molecule has 0 aliphatic heterocycles. The van der Waals surface area contributed by atoms with Crippen LogP contribution in [-0.4, -0.2) is 0 Å². The van der Waals surface area contributed by atoms with Gasteiger partial charge in [0.05, 0.1) is 5.41 Å². The van der Waals surface area contributed by atoms with Crippen molar-refractivity contribution in [3.8, 4) is 60.5 Å². The summed E-state index contributed by atoms with van der Waals surface area (Å²) in [6.45, 7) is 0. The van der Waals surface area contributed by atoms with E-state index >= 15 is 0 Å². The van der Waals surface area contributed by atoms with Gasteiger partial charge in [0.2, 0.25) is 0 Å². The lowest BCUT2D eigenvalue weighted by atomic mass is 9.66. The van der Waals surface area contributed by atoms with Crippen LogP contribution in [0.15, 0.2) is 78.4 Å². The average molecular weight is 415 g/mol. The van der Waals surface area contributed by atoms with E-state index in [4.69, 9.17) is 25.7 Å². The van der Waals surface area contributed by atoms with Crippen molar-refractivity contribution in [3.63, 3.8) is 0 Å². The Morgan fingerprint density at radius 2 is 1.27 bits per heavy atom. The van der Waals surface area contributed by atoms with Crippen LogP contribution in [0.25, 0.3) is 16.7 Å². The first-order valence-corrected chi connectivity index (χ1v) is 10.8. The van der Waals surface area contributed by atoms with Crippen LogP contribution in [-0.2, 0) is 5.41 Å². The van der Waals surface area contributed by atoms with E-state index in [2.05, 4.69) is 84.4 Å². The van der Waals surface area contributed by atoms with E-state index in [1.54, 1.807) is 0 Å². The maximum atomic E-state index is 5.98. The summed E-state index contributed by atoms with van der Waals surface area (Å²) < 4.78 is 0. The number of fused-ring (bicyclic) bond motifs is 10. The Balaban J connectivity index is 1.84. The fourth-order valence-electron chi connectivity index (χ4n) is 5.84. The smallest absolute Gasteiger partial charge is 0.113 e. The van der Waals surface area contributed by atoms with Gasteiger partial charge in [-0.1, -0.05) is 66.2 Å². The van der Waals surface area contributed by atoms with Gasteiger partial charge in [0.1, 0.15) is 5.41 Å². The normalized spacial score (nSPS) is 20.0. The van der Waals surface area contributed by atoms with Crippen molar-refractivity contribution in [2.75, 3.05) is 0 Å². The molecule has 3 aliphatic rings. The first kappa shape index (κ1) is 19.1. The molecule has 0 aromatic heterocycles. The largest absolute Gasteiger partial charge is 0.118 e. The molecule has 0 nitrogen and oxygen atoms in total. The molecule has 6 rings (SSSR count). The van der Waals surface area contributed by atoms with Gasteiger partial charge >= 0.3 is 0 Å². The van der Waals surface area contributed by atoms with Crippen molar-refractivity contribution in [3.05, 3.63) is 112 Å². The molecule has 33 heavy (non-hydrogen) atoms. The number of allylic oxidation sites excluding steroid dienone is 4. The number of hydrogen-bond acceptors (Lipinski definition) is 0. The molecular formula is C33H18. The predicted molar refractivity (Wildman–Crippen MR) is 135 cm³/mol. The number of terminal acetylenes is 4. The number of hydrogen-bond donors (Lipinski definition) is 0. The third-order valence-electron chi connectivity index (χ3n) is 7.32. The molecule has 0 radical (unpaired) electrons. The summed E-state index contributed by atoms with van der Waals surface area (Å²) in [6, 6.07) is 21.1. The molecule has 0 saturated heterocycles. The molecule has 1 spiro atoms. The lowest BCUT2D eigenvalue weighted by Crippen LogP contribution is -2.29. The molecule has 0 bridgehead atoms. The van der Waals surface area contributed by atoms with E-state index in [0.29, 0.717) is 6.42 Å². The van der Waals surface area contributed by atoms with E-state index in [9.17, 15) is 0 Å². The van der Waals surface area contributed by atoms with Crippen LogP contribution in [0.2, 0.25) is 0 Å². The third kappa shape index (κ3) is 2.21. The van der Waals surface area contributed by atoms with Gasteiger partial charge in [-0.15, -0.1) is 25.7 Å². The Morgan fingerprint density at radius 1 is 0.667 bits per heavy atom. The van der Waals surface area contributed by atoms with Crippen molar-refractivity contribution in [1.29, 1.82) is 0 Å². The highest BCUT2D eigenvalue weighted by molar-refractivity contribution is 6.01. The molecule has 0 saturated carbocycles. The molecule has 0 heteroatoms. The Labute approximate surface area is 195 Å². The summed E-state index contributed by atoms with van der Waals surface area (Å²) in [7, 11) is 0. The number of rotatable bonds is 0. The van der Waals surface area contributed by atoms with Gasteiger partial charge in [-0.2, -0.15) is 0 Å². The zero-order valence-corrected chi connectivity index (χ0v) is 17.9. The summed E-state index contributed by atoms with van der Waals surface area (Å²) in [5.41, 5.74) is 9.63. The fourth-order valence-corrected chi connectivity index (χ4v) is 5.84. The summed E-state index contributed by atoms with van der Waals surface area (Å²) in [6.07, 6.45) is 28.6. The minimum atomic E-state index is -0.774. The lowest BCUT2D eigenvalue weighted by molar-refractivity contribution is 0.666. The van der Waals surface area contributed by atoms with Crippen LogP contribution in [0, 0.1) is 54.8 Å². The van der Waals surface area contributed by atoms with Crippen molar-refractivity contribution in [1.82, 2.24) is 0 Å². The molecule has 1 atom stereocenters. The SMILES string of the molecule is C#Cc1ccc2c(c1)C1(C3=CC(C#C)(C#C)CC=C32)c2ccccc2-c2ccc(C#C)cc21. The van der Waals surface area contributed by atoms with Crippen LogP contribution in [0.3, 0.4) is 0 Å². The highest BCUT2D eigenvalue weighted by atomic mass is 14.6. The van der Waals surface area contributed by atoms with Gasteiger partial charge in [0.15, 0.2) is 0 Å². The average Bonchev–Trinajstić information content (AvgIpc) is 3.34. The van der Waals surface area contributed by atoms with Crippen LogP contribution < -0.4 is 0 Å². The Kier molecular flexibility index (Phi) is 3.73. The predicted octanol–water partition coefficient (Wildman–Crippen LogP) is 5.94. The Hall–Kier alpha value is -4.62. The highest BCUT2D eigenvalue weighted by Crippen LogP contribution is 2.65. The van der Waals surface area contributed by atoms with E-state index in [0.717, 1.165) is 33.4 Å². The zero-order valence-electron chi connectivity index (χ0n) is 17.9. The molecule has 1 unspecified atom stereocenters. The third-order valence-corrected chi connectivity index (χ3v) is 7.32. The van der Waals surface area contributed by atoms with Crippen molar-refractivity contribution in [2.24, 2.45) is 5.41 Å². The van der Waals surface area contributed by atoms with E-state index in [-0.39, 0.29) is 0 Å². The van der Waals surface area contributed by atoms with Gasteiger partial charge < -0.3 is 0 Å². The Morgan fingerprint density at radius 3 is 1.94 bits per heavy atom. The Bertz CT molecular complexity index is 1610. The van der Waals surface area contributed by atoms with Crippen LogP contribution in [0.4, 0.5) is 0 Å². The van der Waals surface area contributed by atoms with Crippen molar-refractivity contribution in [2.45, 2.75) is 11.8 Å². The summed E-state index contributed by atoms with van der Waals surface area (Å²) in [4.78, 5) is 0. The second-order valence-electron chi connectivity index (χ2n) is 8.74. The van der Waals surface area contributed by atoms with E-state index < -0.39 is 10.8 Å². The molecule has 0 fully saturated rings. The molecule has 150 valence electrons. The van der Waals surface area contributed by atoms with Crippen LogP contribution in [0.1, 0.15) is 39.8 Å². The molecule has 0 heterocycles. The van der Waals surface area contributed by atoms with Gasteiger partial charge in [-0.05, 0) is 81.3 Å². The van der Waals surface area contributed by atoms with Crippen molar-refractivity contribution < 1.29 is 0 Å². The van der Waals surface area contributed by atoms with Crippen LogP contribution >= 0.6 is 0 Å². The number of benzene rings is 3. The zero-order chi connectivity index (χ0) is 22.8. The minimum Gasteiger partial charge on any atom is -0.118 e.